The van der Waals surface area contributed by atoms with Gasteiger partial charge in [-0.3, -0.25) is 9.69 Å². The maximum atomic E-state index is 11.2. The third kappa shape index (κ3) is 3.27. The molecule has 0 radical (unpaired) electrons. The van der Waals surface area contributed by atoms with E-state index in [0.717, 1.165) is 28.8 Å². The lowest BCUT2D eigenvalue weighted by molar-refractivity contribution is -0.144. The van der Waals surface area contributed by atoms with E-state index in [1.807, 2.05) is 28.9 Å². The summed E-state index contributed by atoms with van der Waals surface area (Å²) in [7, 11) is 0. The number of aromatic nitrogens is 2. The molecular weight excluding hydrogens is 334 g/mol. The normalized spacial score (nSPS) is 23.5. The van der Waals surface area contributed by atoms with E-state index >= 15 is 0 Å². The van der Waals surface area contributed by atoms with Crippen LogP contribution in [-0.2, 0) is 11.3 Å². The lowest BCUT2D eigenvalue weighted by atomic mass is 9.90. The quantitative estimate of drug-likeness (QED) is 0.923. The van der Waals surface area contributed by atoms with Crippen molar-refractivity contribution in [2.45, 2.75) is 19.9 Å². The van der Waals surface area contributed by atoms with Gasteiger partial charge in [0, 0.05) is 36.5 Å². The zero-order chi connectivity index (χ0) is 15.0. The maximum absolute atomic E-state index is 11.2. The summed E-state index contributed by atoms with van der Waals surface area (Å²) in [5, 5.41) is 9.23. The Morgan fingerprint density at radius 3 is 3.10 bits per heavy atom. The Morgan fingerprint density at radius 1 is 1.52 bits per heavy atom. The highest BCUT2D eigenvalue weighted by Crippen LogP contribution is 2.23. The molecule has 1 saturated heterocycles. The number of carboxylic acid groups (broad SMARTS) is 1. The van der Waals surface area contributed by atoms with Gasteiger partial charge in [-0.2, -0.15) is 0 Å². The van der Waals surface area contributed by atoms with Crippen LogP contribution in [0.2, 0.25) is 0 Å². The number of carboxylic acids is 1. The Labute approximate surface area is 131 Å². The van der Waals surface area contributed by atoms with Gasteiger partial charge >= 0.3 is 5.97 Å². The predicted octanol–water partition coefficient (Wildman–Crippen LogP) is 2.64. The number of aliphatic carboxylic acids is 1. The van der Waals surface area contributed by atoms with Gasteiger partial charge in [-0.25, -0.2) is 4.98 Å². The predicted molar refractivity (Wildman–Crippen MR) is 83.1 cm³/mol. The molecule has 1 aliphatic rings. The Hall–Kier alpha value is -1.40. The third-order valence-electron chi connectivity index (χ3n) is 3.94. The molecule has 5 nitrogen and oxygen atoms in total. The molecule has 0 aromatic carbocycles. The molecule has 3 heterocycles. The number of piperidine rings is 1. The average molecular weight is 352 g/mol. The lowest BCUT2D eigenvalue weighted by Crippen LogP contribution is -2.42. The first-order valence-corrected chi connectivity index (χ1v) is 7.89. The van der Waals surface area contributed by atoms with Crippen LogP contribution in [0.4, 0.5) is 0 Å². The summed E-state index contributed by atoms with van der Waals surface area (Å²) in [6.45, 7) is 4.36. The molecule has 1 fully saturated rings. The summed E-state index contributed by atoms with van der Waals surface area (Å²) in [4.78, 5) is 18.0. The summed E-state index contributed by atoms with van der Waals surface area (Å²) >= 11 is 3.44. The SMILES string of the molecule is CC1CC(C(=O)O)CN(Cc2cn3ccc(Br)cc3n2)C1. The van der Waals surface area contributed by atoms with Crippen molar-refractivity contribution in [3.05, 3.63) is 34.7 Å². The molecule has 0 bridgehead atoms. The third-order valence-corrected chi connectivity index (χ3v) is 4.44. The molecule has 0 saturated carbocycles. The number of rotatable bonds is 3. The molecule has 0 aliphatic carbocycles. The first-order valence-electron chi connectivity index (χ1n) is 7.09. The van der Waals surface area contributed by atoms with E-state index in [2.05, 4.69) is 32.7 Å². The topological polar surface area (TPSA) is 57.8 Å². The molecule has 21 heavy (non-hydrogen) atoms. The highest BCUT2D eigenvalue weighted by atomic mass is 79.9. The average Bonchev–Trinajstić information content (AvgIpc) is 2.79. The summed E-state index contributed by atoms with van der Waals surface area (Å²) in [6.07, 6.45) is 4.75. The van der Waals surface area contributed by atoms with Gasteiger partial charge in [0.15, 0.2) is 0 Å². The zero-order valence-corrected chi connectivity index (χ0v) is 13.5. The van der Waals surface area contributed by atoms with E-state index in [4.69, 9.17) is 0 Å². The van der Waals surface area contributed by atoms with Crippen LogP contribution in [0.15, 0.2) is 29.0 Å². The first-order chi connectivity index (χ1) is 10.0. The van der Waals surface area contributed by atoms with Gasteiger partial charge in [0.1, 0.15) is 5.65 Å². The van der Waals surface area contributed by atoms with Crippen LogP contribution in [0.1, 0.15) is 19.0 Å². The second kappa shape index (κ2) is 5.77. The van der Waals surface area contributed by atoms with Crippen LogP contribution in [0.25, 0.3) is 5.65 Å². The van der Waals surface area contributed by atoms with Crippen molar-refractivity contribution in [1.82, 2.24) is 14.3 Å². The fourth-order valence-electron chi connectivity index (χ4n) is 3.08. The Morgan fingerprint density at radius 2 is 2.33 bits per heavy atom. The van der Waals surface area contributed by atoms with Crippen LogP contribution in [0, 0.1) is 11.8 Å². The molecule has 2 atom stereocenters. The molecule has 112 valence electrons. The highest BCUT2D eigenvalue weighted by molar-refractivity contribution is 9.10. The van der Waals surface area contributed by atoms with E-state index < -0.39 is 5.97 Å². The molecule has 0 spiro atoms. The standard InChI is InChI=1S/C15H18BrN3O2/c1-10-4-11(15(20)21)7-18(6-10)8-13-9-19-3-2-12(16)5-14(19)17-13/h2-3,5,9-11H,4,6-8H2,1H3,(H,20,21). The molecular formula is C15H18BrN3O2. The molecule has 2 aromatic rings. The minimum atomic E-state index is -0.689. The van der Waals surface area contributed by atoms with Gasteiger partial charge < -0.3 is 9.51 Å². The zero-order valence-electron chi connectivity index (χ0n) is 11.9. The number of halogens is 1. The Kier molecular flexibility index (Phi) is 3.99. The number of fused-ring (bicyclic) bond motifs is 1. The van der Waals surface area contributed by atoms with Crippen molar-refractivity contribution >= 4 is 27.5 Å². The van der Waals surface area contributed by atoms with Crippen molar-refractivity contribution in [2.75, 3.05) is 13.1 Å². The van der Waals surface area contributed by atoms with E-state index in [9.17, 15) is 9.90 Å². The van der Waals surface area contributed by atoms with E-state index in [0.29, 0.717) is 19.0 Å². The minimum absolute atomic E-state index is 0.264. The largest absolute Gasteiger partial charge is 0.481 e. The van der Waals surface area contributed by atoms with Gasteiger partial charge in [-0.05, 0) is 24.5 Å². The van der Waals surface area contributed by atoms with E-state index in [1.54, 1.807) is 0 Å². The maximum Gasteiger partial charge on any atom is 0.307 e. The molecule has 6 heteroatoms. The summed E-state index contributed by atoms with van der Waals surface area (Å²) in [5.41, 5.74) is 1.88. The smallest absolute Gasteiger partial charge is 0.307 e. The van der Waals surface area contributed by atoms with Gasteiger partial charge in [0.25, 0.3) is 0 Å². The second-order valence-electron chi connectivity index (χ2n) is 5.91. The number of pyridine rings is 1. The van der Waals surface area contributed by atoms with Crippen LogP contribution in [0.3, 0.4) is 0 Å². The molecule has 1 N–H and O–H groups in total. The first kappa shape index (κ1) is 14.5. The van der Waals surface area contributed by atoms with E-state index in [-0.39, 0.29) is 5.92 Å². The molecule has 2 unspecified atom stereocenters. The van der Waals surface area contributed by atoms with Crippen LogP contribution in [-0.4, -0.2) is 38.4 Å². The minimum Gasteiger partial charge on any atom is -0.481 e. The van der Waals surface area contributed by atoms with Crippen LogP contribution >= 0.6 is 15.9 Å². The van der Waals surface area contributed by atoms with Crippen molar-refractivity contribution in [3.63, 3.8) is 0 Å². The van der Waals surface area contributed by atoms with Gasteiger partial charge in [0.05, 0.1) is 11.6 Å². The number of hydrogen-bond donors (Lipinski definition) is 1. The van der Waals surface area contributed by atoms with Crippen LogP contribution < -0.4 is 0 Å². The number of hydrogen-bond acceptors (Lipinski definition) is 3. The van der Waals surface area contributed by atoms with Gasteiger partial charge in [-0.15, -0.1) is 0 Å². The fraction of sp³-hybridized carbons (Fsp3) is 0.467. The number of imidazole rings is 1. The summed E-state index contributed by atoms with van der Waals surface area (Å²) in [6, 6.07) is 3.95. The van der Waals surface area contributed by atoms with Gasteiger partial charge in [0.2, 0.25) is 0 Å². The van der Waals surface area contributed by atoms with Gasteiger partial charge in [-0.1, -0.05) is 22.9 Å². The van der Waals surface area contributed by atoms with Crippen LogP contribution in [0.5, 0.6) is 0 Å². The summed E-state index contributed by atoms with van der Waals surface area (Å²) < 4.78 is 2.99. The Balaban J connectivity index is 1.76. The summed E-state index contributed by atoms with van der Waals surface area (Å²) in [5.74, 6) is -0.545. The van der Waals surface area contributed by atoms with Crippen molar-refractivity contribution < 1.29 is 9.90 Å². The number of likely N-dealkylation sites (tertiary alicyclic amines) is 1. The van der Waals surface area contributed by atoms with Crippen molar-refractivity contribution in [2.24, 2.45) is 11.8 Å². The number of carbonyl (C=O) groups is 1. The van der Waals surface area contributed by atoms with Crippen molar-refractivity contribution in [3.8, 4) is 0 Å². The number of nitrogens with zero attached hydrogens (tertiary/aromatic N) is 3. The van der Waals surface area contributed by atoms with Crippen molar-refractivity contribution in [1.29, 1.82) is 0 Å². The molecule has 2 aromatic heterocycles. The Bertz CT molecular complexity index is 670. The monoisotopic (exact) mass is 351 g/mol. The second-order valence-corrected chi connectivity index (χ2v) is 6.83. The highest BCUT2D eigenvalue weighted by Gasteiger charge is 2.29. The molecule has 3 rings (SSSR count). The molecule has 0 amide bonds. The lowest BCUT2D eigenvalue weighted by Gasteiger charge is -2.34. The van der Waals surface area contributed by atoms with E-state index in [1.165, 1.54) is 0 Å². The fourth-order valence-corrected chi connectivity index (χ4v) is 3.41. The molecule has 1 aliphatic heterocycles.